The summed E-state index contributed by atoms with van der Waals surface area (Å²) >= 11 is 0. The molecule has 2 aliphatic rings. The predicted molar refractivity (Wildman–Crippen MR) is 112 cm³/mol. The van der Waals surface area contributed by atoms with Gasteiger partial charge in [0.2, 0.25) is 11.8 Å². The molecule has 2 aliphatic heterocycles. The van der Waals surface area contributed by atoms with Gasteiger partial charge in [0.25, 0.3) is 0 Å². The number of rotatable bonds is 5. The average molecular weight is 410 g/mol. The van der Waals surface area contributed by atoms with Crippen molar-refractivity contribution in [1.82, 2.24) is 4.90 Å². The van der Waals surface area contributed by atoms with Crippen LogP contribution in [0, 0.1) is 0 Å². The molecule has 1 atom stereocenters. The van der Waals surface area contributed by atoms with Crippen molar-refractivity contribution < 1.29 is 23.8 Å². The Hall–Kier alpha value is -3.22. The molecule has 30 heavy (non-hydrogen) atoms. The monoisotopic (exact) mass is 410 g/mol. The SMILES string of the molecule is COc1ccc(OC)c(C2CCCN2C(=O)CN2C(=O)CCOc3ccccc32)c1. The fraction of sp³-hybridized carbons (Fsp3) is 0.391. The number of benzene rings is 2. The van der Waals surface area contributed by atoms with Gasteiger partial charge in [0.1, 0.15) is 23.8 Å². The van der Waals surface area contributed by atoms with Crippen LogP contribution in [0.3, 0.4) is 0 Å². The van der Waals surface area contributed by atoms with Gasteiger partial charge in [-0.3, -0.25) is 14.5 Å². The number of para-hydroxylation sites is 2. The van der Waals surface area contributed by atoms with Crippen LogP contribution in [0.15, 0.2) is 42.5 Å². The first-order chi connectivity index (χ1) is 14.6. The summed E-state index contributed by atoms with van der Waals surface area (Å²) in [6, 6.07) is 12.9. The number of hydrogen-bond acceptors (Lipinski definition) is 5. The highest BCUT2D eigenvalue weighted by Crippen LogP contribution is 2.39. The molecule has 0 radical (unpaired) electrons. The number of fused-ring (bicyclic) bond motifs is 1. The van der Waals surface area contributed by atoms with Crippen molar-refractivity contribution in [2.75, 3.05) is 38.8 Å². The van der Waals surface area contributed by atoms with Crippen LogP contribution in [0.4, 0.5) is 5.69 Å². The smallest absolute Gasteiger partial charge is 0.243 e. The largest absolute Gasteiger partial charge is 0.497 e. The van der Waals surface area contributed by atoms with Crippen LogP contribution in [0.2, 0.25) is 0 Å². The Morgan fingerprint density at radius 1 is 1.17 bits per heavy atom. The third-order valence-electron chi connectivity index (χ3n) is 5.69. The average Bonchev–Trinajstić information content (AvgIpc) is 3.21. The summed E-state index contributed by atoms with van der Waals surface area (Å²) in [7, 11) is 3.24. The number of anilines is 1. The highest BCUT2D eigenvalue weighted by molar-refractivity contribution is 6.00. The first kappa shape index (κ1) is 20.1. The number of methoxy groups -OCH3 is 2. The second kappa shape index (κ2) is 8.65. The van der Waals surface area contributed by atoms with Gasteiger partial charge in [0.05, 0.1) is 39.0 Å². The van der Waals surface area contributed by atoms with Gasteiger partial charge in [-0.15, -0.1) is 0 Å². The number of carbonyl (C=O) groups excluding carboxylic acids is 2. The van der Waals surface area contributed by atoms with E-state index in [1.807, 2.05) is 47.4 Å². The van der Waals surface area contributed by atoms with Gasteiger partial charge < -0.3 is 19.1 Å². The fourth-order valence-corrected chi connectivity index (χ4v) is 4.21. The van der Waals surface area contributed by atoms with E-state index in [0.717, 1.165) is 29.9 Å². The Morgan fingerprint density at radius 3 is 2.80 bits per heavy atom. The van der Waals surface area contributed by atoms with Crippen molar-refractivity contribution in [2.24, 2.45) is 0 Å². The number of likely N-dealkylation sites (tertiary alicyclic amines) is 1. The second-order valence-corrected chi connectivity index (χ2v) is 7.40. The Labute approximate surface area is 176 Å². The lowest BCUT2D eigenvalue weighted by molar-refractivity contribution is -0.132. The summed E-state index contributed by atoms with van der Waals surface area (Å²) in [6.45, 7) is 0.944. The summed E-state index contributed by atoms with van der Waals surface area (Å²) in [6.07, 6.45) is 1.97. The maximum atomic E-state index is 13.3. The van der Waals surface area contributed by atoms with Crippen molar-refractivity contribution in [3.8, 4) is 17.2 Å². The topological polar surface area (TPSA) is 68.3 Å². The van der Waals surface area contributed by atoms with Gasteiger partial charge in [-0.1, -0.05) is 12.1 Å². The van der Waals surface area contributed by atoms with Crippen LogP contribution in [0.1, 0.15) is 30.9 Å². The molecule has 0 N–H and O–H groups in total. The van der Waals surface area contributed by atoms with Crippen LogP contribution in [-0.2, 0) is 9.59 Å². The first-order valence-corrected chi connectivity index (χ1v) is 10.2. The molecule has 2 heterocycles. The zero-order valence-corrected chi connectivity index (χ0v) is 17.3. The summed E-state index contributed by atoms with van der Waals surface area (Å²) in [5.41, 5.74) is 1.57. The quantitative estimate of drug-likeness (QED) is 0.757. The lowest BCUT2D eigenvalue weighted by Crippen LogP contribution is -2.42. The van der Waals surface area contributed by atoms with E-state index in [4.69, 9.17) is 14.2 Å². The Bertz CT molecular complexity index is 945. The van der Waals surface area contributed by atoms with Crippen LogP contribution < -0.4 is 19.1 Å². The zero-order chi connectivity index (χ0) is 21.1. The van der Waals surface area contributed by atoms with Gasteiger partial charge in [-0.05, 0) is 43.2 Å². The minimum Gasteiger partial charge on any atom is -0.497 e. The van der Waals surface area contributed by atoms with E-state index in [-0.39, 0.29) is 30.8 Å². The minimum absolute atomic E-state index is 0.0119. The molecule has 0 aliphatic carbocycles. The molecule has 2 aromatic carbocycles. The van der Waals surface area contributed by atoms with Crippen molar-refractivity contribution in [3.63, 3.8) is 0 Å². The van der Waals surface area contributed by atoms with Crippen molar-refractivity contribution >= 4 is 17.5 Å². The van der Waals surface area contributed by atoms with Gasteiger partial charge in [0, 0.05) is 12.1 Å². The maximum absolute atomic E-state index is 13.3. The van der Waals surface area contributed by atoms with Crippen molar-refractivity contribution in [3.05, 3.63) is 48.0 Å². The molecule has 158 valence electrons. The number of amides is 2. The second-order valence-electron chi connectivity index (χ2n) is 7.40. The molecule has 0 bridgehead atoms. The molecule has 1 saturated heterocycles. The van der Waals surface area contributed by atoms with Crippen LogP contribution in [0.5, 0.6) is 17.2 Å². The molecule has 2 amide bonds. The van der Waals surface area contributed by atoms with Crippen LogP contribution >= 0.6 is 0 Å². The van der Waals surface area contributed by atoms with Gasteiger partial charge >= 0.3 is 0 Å². The van der Waals surface area contributed by atoms with Gasteiger partial charge in [0.15, 0.2) is 0 Å². The normalized spacial score (nSPS) is 18.5. The Kier molecular flexibility index (Phi) is 5.79. The van der Waals surface area contributed by atoms with E-state index in [1.165, 1.54) is 0 Å². The maximum Gasteiger partial charge on any atom is 0.243 e. The third-order valence-corrected chi connectivity index (χ3v) is 5.69. The van der Waals surface area contributed by atoms with E-state index in [1.54, 1.807) is 19.1 Å². The summed E-state index contributed by atoms with van der Waals surface area (Å²) in [5.74, 6) is 1.88. The Morgan fingerprint density at radius 2 is 2.00 bits per heavy atom. The van der Waals surface area contributed by atoms with E-state index in [0.29, 0.717) is 24.6 Å². The zero-order valence-electron chi connectivity index (χ0n) is 17.3. The molecule has 0 spiro atoms. The highest BCUT2D eigenvalue weighted by Gasteiger charge is 2.34. The van der Waals surface area contributed by atoms with E-state index < -0.39 is 0 Å². The molecule has 0 saturated carbocycles. The molecule has 4 rings (SSSR count). The first-order valence-electron chi connectivity index (χ1n) is 10.2. The highest BCUT2D eigenvalue weighted by atomic mass is 16.5. The molecule has 2 aromatic rings. The van der Waals surface area contributed by atoms with Gasteiger partial charge in [-0.2, -0.15) is 0 Å². The van der Waals surface area contributed by atoms with E-state index in [2.05, 4.69) is 0 Å². The summed E-state index contributed by atoms with van der Waals surface area (Å²) in [5, 5.41) is 0. The minimum atomic E-state index is -0.115. The third kappa shape index (κ3) is 3.79. The van der Waals surface area contributed by atoms with E-state index >= 15 is 0 Å². The molecule has 1 unspecified atom stereocenters. The predicted octanol–water partition coefficient (Wildman–Crippen LogP) is 3.18. The molecule has 7 nitrogen and oxygen atoms in total. The van der Waals surface area contributed by atoms with Crippen LogP contribution in [-0.4, -0.2) is 50.6 Å². The van der Waals surface area contributed by atoms with Crippen molar-refractivity contribution in [1.29, 1.82) is 0 Å². The molecular formula is C23H26N2O5. The lowest BCUT2D eigenvalue weighted by atomic mass is 10.0. The van der Waals surface area contributed by atoms with E-state index in [9.17, 15) is 9.59 Å². The summed E-state index contributed by atoms with van der Waals surface area (Å²) < 4.78 is 16.6. The number of hydrogen-bond donors (Lipinski definition) is 0. The number of nitrogens with zero attached hydrogens (tertiary/aromatic N) is 2. The lowest BCUT2D eigenvalue weighted by Gasteiger charge is -2.29. The van der Waals surface area contributed by atoms with Crippen molar-refractivity contribution in [2.45, 2.75) is 25.3 Å². The fourth-order valence-electron chi connectivity index (χ4n) is 4.21. The molecule has 0 aromatic heterocycles. The Balaban J connectivity index is 1.60. The molecule has 7 heteroatoms. The molecular weight excluding hydrogens is 384 g/mol. The number of ether oxygens (including phenoxy) is 3. The van der Waals surface area contributed by atoms with Gasteiger partial charge in [-0.25, -0.2) is 0 Å². The number of carbonyl (C=O) groups is 2. The summed E-state index contributed by atoms with van der Waals surface area (Å²) in [4.78, 5) is 29.4. The standard InChI is InChI=1S/C23H26N2O5/c1-28-16-9-10-20(29-2)17(14-16)18-7-5-12-24(18)23(27)15-25-19-6-3-4-8-21(19)30-13-11-22(25)26/h3-4,6,8-10,14,18H,5,7,11-13,15H2,1-2H3. The molecule has 1 fully saturated rings. The van der Waals surface area contributed by atoms with Crippen LogP contribution in [0.25, 0.3) is 0 Å².